The molecule has 2 aromatic carbocycles. The summed E-state index contributed by atoms with van der Waals surface area (Å²) in [5.74, 6) is 0.500. The molecular weight excluding hydrogens is 272 g/mol. The molecule has 0 aliphatic rings. The van der Waals surface area contributed by atoms with Crippen molar-refractivity contribution in [2.45, 2.75) is 19.8 Å². The lowest BCUT2D eigenvalue weighted by molar-refractivity contribution is 0.812. The topological polar surface area (TPSA) is 34.9 Å². The predicted molar refractivity (Wildman–Crippen MR) is 89.4 cm³/mol. The summed E-state index contributed by atoms with van der Waals surface area (Å²) < 4.78 is 1.44. The second-order valence-electron chi connectivity index (χ2n) is 5.58. The maximum atomic E-state index is 12.0. The molecule has 0 aliphatic carbocycles. The summed E-state index contributed by atoms with van der Waals surface area (Å²) in [7, 11) is 0. The molecule has 0 atom stereocenters. The van der Waals surface area contributed by atoms with E-state index in [2.05, 4.69) is 43.2 Å². The van der Waals surface area contributed by atoms with Gasteiger partial charge < -0.3 is 0 Å². The van der Waals surface area contributed by atoms with Crippen molar-refractivity contribution < 1.29 is 0 Å². The van der Waals surface area contributed by atoms with Crippen LogP contribution in [-0.4, -0.2) is 9.78 Å². The molecule has 0 N–H and O–H groups in total. The van der Waals surface area contributed by atoms with Crippen molar-refractivity contribution in [2.24, 2.45) is 0 Å². The highest BCUT2D eigenvalue weighted by atomic mass is 16.1. The SMILES string of the molecule is CC(C)c1ccc(-c2ccc(=O)n(-c3ccccc3)n2)cc1. The summed E-state index contributed by atoms with van der Waals surface area (Å²) in [5, 5.41) is 4.49. The second kappa shape index (κ2) is 5.98. The number of benzene rings is 2. The van der Waals surface area contributed by atoms with Crippen molar-refractivity contribution in [3.8, 4) is 16.9 Å². The first kappa shape index (κ1) is 14.3. The monoisotopic (exact) mass is 290 g/mol. The molecule has 3 heteroatoms. The van der Waals surface area contributed by atoms with Gasteiger partial charge in [0, 0.05) is 11.6 Å². The maximum absolute atomic E-state index is 12.0. The third-order valence-electron chi connectivity index (χ3n) is 3.67. The first-order valence-electron chi connectivity index (χ1n) is 7.41. The number of hydrogen-bond donors (Lipinski definition) is 0. The summed E-state index contributed by atoms with van der Waals surface area (Å²) in [6, 6.07) is 21.1. The van der Waals surface area contributed by atoms with Crippen LogP contribution in [-0.2, 0) is 0 Å². The first-order chi connectivity index (χ1) is 10.6. The van der Waals surface area contributed by atoms with Crippen molar-refractivity contribution in [2.75, 3.05) is 0 Å². The Labute approximate surface area is 129 Å². The fourth-order valence-electron chi connectivity index (χ4n) is 2.36. The zero-order valence-corrected chi connectivity index (χ0v) is 12.7. The van der Waals surface area contributed by atoms with Gasteiger partial charge in [-0.15, -0.1) is 0 Å². The molecule has 0 saturated carbocycles. The van der Waals surface area contributed by atoms with Crippen LogP contribution in [0, 0.1) is 0 Å². The van der Waals surface area contributed by atoms with Crippen LogP contribution in [0.1, 0.15) is 25.3 Å². The van der Waals surface area contributed by atoms with Crippen molar-refractivity contribution in [1.29, 1.82) is 0 Å². The number of aromatic nitrogens is 2. The van der Waals surface area contributed by atoms with E-state index in [4.69, 9.17) is 0 Å². The van der Waals surface area contributed by atoms with Crippen molar-refractivity contribution >= 4 is 0 Å². The number of para-hydroxylation sites is 1. The van der Waals surface area contributed by atoms with E-state index < -0.39 is 0 Å². The summed E-state index contributed by atoms with van der Waals surface area (Å²) in [6.45, 7) is 4.34. The predicted octanol–water partition coefficient (Wildman–Crippen LogP) is 4.02. The van der Waals surface area contributed by atoms with Gasteiger partial charge in [0.1, 0.15) is 0 Å². The average Bonchev–Trinajstić information content (AvgIpc) is 2.56. The minimum Gasteiger partial charge on any atom is -0.267 e. The summed E-state index contributed by atoms with van der Waals surface area (Å²) in [6.07, 6.45) is 0. The van der Waals surface area contributed by atoms with Gasteiger partial charge in [0.05, 0.1) is 11.4 Å². The third-order valence-corrected chi connectivity index (χ3v) is 3.67. The quantitative estimate of drug-likeness (QED) is 0.730. The molecule has 0 spiro atoms. The lowest BCUT2D eigenvalue weighted by Crippen LogP contribution is -2.20. The molecule has 0 fully saturated rings. The van der Waals surface area contributed by atoms with Crippen LogP contribution in [0.2, 0.25) is 0 Å². The van der Waals surface area contributed by atoms with Gasteiger partial charge >= 0.3 is 0 Å². The molecule has 0 aliphatic heterocycles. The van der Waals surface area contributed by atoms with Crippen LogP contribution < -0.4 is 5.56 Å². The van der Waals surface area contributed by atoms with Gasteiger partial charge in [0.2, 0.25) is 0 Å². The third kappa shape index (κ3) is 2.84. The Morgan fingerprint density at radius 3 is 2.18 bits per heavy atom. The van der Waals surface area contributed by atoms with Crippen molar-refractivity contribution in [3.63, 3.8) is 0 Å². The minimum absolute atomic E-state index is 0.131. The van der Waals surface area contributed by atoms with Crippen molar-refractivity contribution in [3.05, 3.63) is 82.6 Å². The van der Waals surface area contributed by atoms with Crippen LogP contribution in [0.3, 0.4) is 0 Å². The molecular formula is C19H18N2O. The highest BCUT2D eigenvalue weighted by Gasteiger charge is 2.06. The van der Waals surface area contributed by atoms with Gasteiger partial charge in [-0.1, -0.05) is 56.3 Å². The molecule has 0 amide bonds. The van der Waals surface area contributed by atoms with Crippen molar-refractivity contribution in [1.82, 2.24) is 9.78 Å². The number of rotatable bonds is 3. The molecule has 3 rings (SSSR count). The second-order valence-corrected chi connectivity index (χ2v) is 5.58. The molecule has 22 heavy (non-hydrogen) atoms. The van der Waals surface area contributed by atoms with E-state index >= 15 is 0 Å². The highest BCUT2D eigenvalue weighted by Crippen LogP contribution is 2.20. The Morgan fingerprint density at radius 1 is 0.864 bits per heavy atom. The van der Waals surface area contributed by atoms with E-state index in [9.17, 15) is 4.79 Å². The van der Waals surface area contributed by atoms with Gasteiger partial charge in [-0.3, -0.25) is 4.79 Å². The summed E-state index contributed by atoms with van der Waals surface area (Å²) in [4.78, 5) is 12.0. The van der Waals surface area contributed by atoms with E-state index in [0.717, 1.165) is 16.9 Å². The molecule has 3 aromatic rings. The molecule has 3 nitrogen and oxygen atoms in total. The van der Waals surface area contributed by atoms with Gasteiger partial charge in [-0.2, -0.15) is 9.78 Å². The van der Waals surface area contributed by atoms with E-state index in [1.54, 1.807) is 12.1 Å². The molecule has 1 aromatic heterocycles. The normalized spacial score (nSPS) is 10.9. The summed E-state index contributed by atoms with van der Waals surface area (Å²) in [5.41, 5.74) is 3.73. The van der Waals surface area contributed by atoms with Crippen LogP contribution >= 0.6 is 0 Å². The fourth-order valence-corrected chi connectivity index (χ4v) is 2.36. The Hall–Kier alpha value is -2.68. The standard InChI is InChI=1S/C19H18N2O/c1-14(2)15-8-10-16(11-9-15)18-12-13-19(22)21(20-18)17-6-4-3-5-7-17/h3-14H,1-2H3. The molecule has 0 unspecified atom stereocenters. The fraction of sp³-hybridized carbons (Fsp3) is 0.158. The maximum Gasteiger partial charge on any atom is 0.271 e. The van der Waals surface area contributed by atoms with E-state index in [1.165, 1.54) is 10.2 Å². The van der Waals surface area contributed by atoms with Crippen LogP contribution in [0.5, 0.6) is 0 Å². The highest BCUT2D eigenvalue weighted by molar-refractivity contribution is 5.59. The van der Waals surface area contributed by atoms with Gasteiger partial charge in [-0.05, 0) is 29.7 Å². The van der Waals surface area contributed by atoms with Gasteiger partial charge in [-0.25, -0.2) is 0 Å². The molecule has 1 heterocycles. The van der Waals surface area contributed by atoms with E-state index in [0.29, 0.717) is 5.92 Å². The zero-order chi connectivity index (χ0) is 15.5. The smallest absolute Gasteiger partial charge is 0.267 e. The zero-order valence-electron chi connectivity index (χ0n) is 12.7. The largest absolute Gasteiger partial charge is 0.271 e. The first-order valence-corrected chi connectivity index (χ1v) is 7.41. The summed E-state index contributed by atoms with van der Waals surface area (Å²) >= 11 is 0. The van der Waals surface area contributed by atoms with Crippen LogP contribution in [0.4, 0.5) is 0 Å². The van der Waals surface area contributed by atoms with E-state index in [-0.39, 0.29) is 5.56 Å². The van der Waals surface area contributed by atoms with E-state index in [1.807, 2.05) is 30.3 Å². The Kier molecular flexibility index (Phi) is 3.88. The number of nitrogens with zero attached hydrogens (tertiary/aromatic N) is 2. The minimum atomic E-state index is -0.131. The number of hydrogen-bond acceptors (Lipinski definition) is 2. The Balaban J connectivity index is 2.04. The Morgan fingerprint density at radius 2 is 1.55 bits per heavy atom. The lowest BCUT2D eigenvalue weighted by atomic mass is 10.0. The lowest BCUT2D eigenvalue weighted by Gasteiger charge is -2.09. The Bertz CT molecular complexity index is 818. The molecule has 0 bridgehead atoms. The molecule has 110 valence electrons. The van der Waals surface area contributed by atoms with Gasteiger partial charge in [0.15, 0.2) is 0 Å². The molecule has 0 radical (unpaired) electrons. The average molecular weight is 290 g/mol. The van der Waals surface area contributed by atoms with Crippen LogP contribution in [0.25, 0.3) is 16.9 Å². The van der Waals surface area contributed by atoms with Gasteiger partial charge in [0.25, 0.3) is 5.56 Å². The van der Waals surface area contributed by atoms with Crippen LogP contribution in [0.15, 0.2) is 71.5 Å². The molecule has 0 saturated heterocycles.